The molecule has 49 heavy (non-hydrogen) atoms. The molecule has 1 saturated heterocycles. The van der Waals surface area contributed by atoms with Gasteiger partial charge in [-0.25, -0.2) is 0 Å². The Hall–Kier alpha value is -4.77. The fraction of sp³-hybridized carbons (Fsp3) is 0.333. The second-order valence-electron chi connectivity index (χ2n) is 11.2. The van der Waals surface area contributed by atoms with Crippen molar-refractivity contribution in [3.63, 3.8) is 0 Å². The largest absolute Gasteiger partial charge is 0.486 e. The maximum atomic E-state index is 13.2. The molecule has 0 aliphatic carbocycles. The smallest absolute Gasteiger partial charge is 0.248 e. The summed E-state index contributed by atoms with van der Waals surface area (Å²) in [4.78, 5) is 24.1. The van der Waals surface area contributed by atoms with Crippen molar-refractivity contribution in [2.45, 2.75) is 19.1 Å². The lowest BCUT2D eigenvalue weighted by Gasteiger charge is -2.20. The number of halogens is 1. The van der Waals surface area contributed by atoms with E-state index in [4.69, 9.17) is 35.3 Å². The van der Waals surface area contributed by atoms with Crippen LogP contribution in [0.3, 0.4) is 0 Å². The fourth-order valence-electron chi connectivity index (χ4n) is 5.11. The van der Waals surface area contributed by atoms with E-state index < -0.39 is 0 Å². The highest BCUT2D eigenvalue weighted by Crippen LogP contribution is 2.38. The molecule has 0 spiro atoms. The van der Waals surface area contributed by atoms with Crippen molar-refractivity contribution in [3.05, 3.63) is 89.4 Å². The number of benzene rings is 2. The van der Waals surface area contributed by atoms with Gasteiger partial charge in [0.2, 0.25) is 5.91 Å². The Balaban J connectivity index is 1.40. The molecule has 2 N–H and O–H groups in total. The number of hydrogen-bond donors (Lipinski definition) is 2. The standard InChI is InChI=1S/C36H39ClN6O6/c1-45-16-13-43(14-17-46-2)12-5-7-35(44)42-32-19-29-31(20-34(32)49-28-10-15-47-24-28)40-22-25(21-38)36(29)41-26-8-9-33(30(37)18-26)48-23-27-6-3-4-11-39-27/h3-9,11,18-20,22,28H,10,12-17,23-24H2,1-2H3,(H,40,41)(H,42,44)/b7-5+/t28-/m0/s1. The van der Waals surface area contributed by atoms with Crippen molar-refractivity contribution in [1.82, 2.24) is 14.9 Å². The Morgan fingerprint density at radius 1 is 1.12 bits per heavy atom. The van der Waals surface area contributed by atoms with Gasteiger partial charge in [0.15, 0.2) is 0 Å². The van der Waals surface area contributed by atoms with Gasteiger partial charge in [-0.15, -0.1) is 0 Å². The molecule has 2 aromatic heterocycles. The van der Waals surface area contributed by atoms with Crippen LogP contribution in [0.1, 0.15) is 17.7 Å². The number of nitrogens with zero attached hydrogens (tertiary/aromatic N) is 4. The van der Waals surface area contributed by atoms with Gasteiger partial charge in [-0.1, -0.05) is 23.7 Å². The highest BCUT2D eigenvalue weighted by molar-refractivity contribution is 6.32. The summed E-state index contributed by atoms with van der Waals surface area (Å²) in [5.74, 6) is 0.610. The molecule has 4 aromatic rings. The average Bonchev–Trinajstić information content (AvgIpc) is 3.63. The summed E-state index contributed by atoms with van der Waals surface area (Å²) < 4.78 is 28.1. The van der Waals surface area contributed by atoms with E-state index in [-0.39, 0.29) is 18.6 Å². The number of rotatable bonds is 17. The maximum Gasteiger partial charge on any atom is 0.248 e. The molecule has 0 unspecified atom stereocenters. The summed E-state index contributed by atoms with van der Waals surface area (Å²) in [6.45, 7) is 4.39. The van der Waals surface area contributed by atoms with Crippen LogP contribution in [0.15, 0.2) is 73.1 Å². The van der Waals surface area contributed by atoms with E-state index in [1.165, 1.54) is 12.3 Å². The van der Waals surface area contributed by atoms with E-state index in [1.807, 2.05) is 18.2 Å². The number of pyridine rings is 2. The molecule has 1 amide bonds. The molecule has 3 heterocycles. The number of nitriles is 1. The molecule has 5 rings (SSSR count). The van der Waals surface area contributed by atoms with E-state index in [2.05, 4.69) is 31.6 Å². The third kappa shape index (κ3) is 10.1. The highest BCUT2D eigenvalue weighted by atomic mass is 35.5. The zero-order valence-electron chi connectivity index (χ0n) is 27.5. The topological polar surface area (TPSA) is 140 Å². The molecule has 0 bridgehead atoms. The summed E-state index contributed by atoms with van der Waals surface area (Å²) >= 11 is 6.59. The first kappa shape index (κ1) is 35.5. The van der Waals surface area contributed by atoms with Crippen LogP contribution in [0.25, 0.3) is 10.9 Å². The van der Waals surface area contributed by atoms with Crippen molar-refractivity contribution >= 4 is 45.5 Å². The van der Waals surface area contributed by atoms with Crippen LogP contribution < -0.4 is 20.1 Å². The molecule has 1 aliphatic heterocycles. The quantitative estimate of drug-likeness (QED) is 0.132. The molecule has 2 aromatic carbocycles. The fourth-order valence-corrected chi connectivity index (χ4v) is 5.35. The van der Waals surface area contributed by atoms with Crippen LogP contribution in [0.4, 0.5) is 17.1 Å². The second-order valence-corrected chi connectivity index (χ2v) is 11.6. The van der Waals surface area contributed by atoms with E-state index in [9.17, 15) is 10.1 Å². The number of anilines is 3. The van der Waals surface area contributed by atoms with Crippen LogP contribution in [0.2, 0.25) is 5.02 Å². The lowest BCUT2D eigenvalue weighted by Crippen LogP contribution is -2.31. The number of carbonyl (C=O) groups excluding carboxylic acids is 1. The first-order valence-electron chi connectivity index (χ1n) is 15.9. The Morgan fingerprint density at radius 3 is 2.65 bits per heavy atom. The highest BCUT2D eigenvalue weighted by Gasteiger charge is 2.21. The molecule has 1 fully saturated rings. The van der Waals surface area contributed by atoms with Gasteiger partial charge in [-0.2, -0.15) is 5.26 Å². The molecule has 13 heteroatoms. The number of amides is 1. The van der Waals surface area contributed by atoms with Crippen molar-refractivity contribution in [2.24, 2.45) is 0 Å². The molecule has 1 aliphatic rings. The van der Waals surface area contributed by atoms with Crippen LogP contribution in [-0.4, -0.2) is 87.2 Å². The van der Waals surface area contributed by atoms with Gasteiger partial charge in [0.25, 0.3) is 0 Å². The zero-order valence-corrected chi connectivity index (χ0v) is 28.2. The SMILES string of the molecule is COCCN(C/C=C/C(=O)Nc1cc2c(Nc3ccc(OCc4ccccn4)c(Cl)c3)c(C#N)cnc2cc1O[C@H]1CCOC1)CCOC. The third-order valence-corrected chi connectivity index (χ3v) is 7.98. The molecule has 1 atom stereocenters. The minimum Gasteiger partial charge on any atom is -0.486 e. The van der Waals surface area contributed by atoms with E-state index in [0.29, 0.717) is 96.1 Å². The zero-order chi connectivity index (χ0) is 34.4. The van der Waals surface area contributed by atoms with E-state index >= 15 is 0 Å². The molecule has 0 saturated carbocycles. The first-order valence-corrected chi connectivity index (χ1v) is 16.2. The summed E-state index contributed by atoms with van der Waals surface area (Å²) in [7, 11) is 3.31. The number of nitrogens with one attached hydrogen (secondary N) is 2. The molecular formula is C36H39ClN6O6. The lowest BCUT2D eigenvalue weighted by atomic mass is 10.1. The Bertz CT molecular complexity index is 1770. The molecule has 12 nitrogen and oxygen atoms in total. The van der Waals surface area contributed by atoms with E-state index in [0.717, 1.165) is 12.1 Å². The predicted octanol–water partition coefficient (Wildman–Crippen LogP) is 5.73. The van der Waals surface area contributed by atoms with Crippen molar-refractivity contribution in [2.75, 3.05) is 70.9 Å². The maximum absolute atomic E-state index is 13.2. The van der Waals surface area contributed by atoms with Gasteiger partial charge in [-0.3, -0.25) is 19.7 Å². The summed E-state index contributed by atoms with van der Waals surface area (Å²) in [5, 5.41) is 17.3. The van der Waals surface area contributed by atoms with Gasteiger partial charge < -0.3 is 34.3 Å². The lowest BCUT2D eigenvalue weighted by molar-refractivity contribution is -0.111. The minimum absolute atomic E-state index is 0.171. The monoisotopic (exact) mass is 686 g/mol. The van der Waals surface area contributed by atoms with Crippen LogP contribution in [0, 0.1) is 11.3 Å². The number of aromatic nitrogens is 2. The van der Waals surface area contributed by atoms with Crippen molar-refractivity contribution < 1.29 is 28.5 Å². The Morgan fingerprint density at radius 2 is 1.96 bits per heavy atom. The van der Waals surface area contributed by atoms with Gasteiger partial charge >= 0.3 is 0 Å². The van der Waals surface area contributed by atoms with Crippen molar-refractivity contribution in [3.8, 4) is 17.6 Å². The number of fused-ring (bicyclic) bond motifs is 1. The summed E-state index contributed by atoms with van der Waals surface area (Å²) in [6.07, 6.45) is 7.04. The van der Waals surface area contributed by atoms with E-state index in [1.54, 1.807) is 56.8 Å². The summed E-state index contributed by atoms with van der Waals surface area (Å²) in [5.41, 5.74) is 3.21. The van der Waals surface area contributed by atoms with Crippen LogP contribution >= 0.6 is 11.6 Å². The van der Waals surface area contributed by atoms with Gasteiger partial charge in [0.1, 0.15) is 30.3 Å². The van der Waals surface area contributed by atoms with Crippen LogP contribution in [-0.2, 0) is 25.6 Å². The normalized spacial score (nSPS) is 14.3. The van der Waals surface area contributed by atoms with Gasteiger partial charge in [0.05, 0.1) is 59.6 Å². The summed E-state index contributed by atoms with van der Waals surface area (Å²) in [6, 6.07) is 16.6. The number of carbonyl (C=O) groups is 1. The predicted molar refractivity (Wildman–Crippen MR) is 188 cm³/mol. The average molecular weight is 687 g/mol. The minimum atomic E-state index is -0.336. The molecule has 0 radical (unpaired) electrons. The number of ether oxygens (including phenoxy) is 5. The Labute approximate surface area is 290 Å². The first-order chi connectivity index (χ1) is 24.0. The van der Waals surface area contributed by atoms with Crippen molar-refractivity contribution in [1.29, 1.82) is 5.26 Å². The molecular weight excluding hydrogens is 648 g/mol. The second kappa shape index (κ2) is 18.1. The number of hydrogen-bond acceptors (Lipinski definition) is 11. The third-order valence-electron chi connectivity index (χ3n) is 7.69. The number of methoxy groups -OCH3 is 2. The van der Waals surface area contributed by atoms with Crippen LogP contribution in [0.5, 0.6) is 11.5 Å². The van der Waals surface area contributed by atoms with Gasteiger partial charge in [-0.05, 0) is 36.4 Å². The van der Waals surface area contributed by atoms with Gasteiger partial charge in [0, 0.05) is 75.9 Å². The molecule has 256 valence electrons. The Kier molecular flexibility index (Phi) is 13.1.